The molecule has 0 heterocycles. The molecule has 0 saturated heterocycles. The van der Waals surface area contributed by atoms with E-state index in [9.17, 15) is 34.5 Å². The Bertz CT molecular complexity index is 1160. The van der Waals surface area contributed by atoms with Crippen molar-refractivity contribution in [1.82, 2.24) is 16.0 Å². The van der Waals surface area contributed by atoms with E-state index in [-0.39, 0.29) is 30.8 Å². The molecule has 0 aromatic heterocycles. The van der Waals surface area contributed by atoms with E-state index in [0.29, 0.717) is 24.9 Å². The third-order valence-electron chi connectivity index (χ3n) is 6.55. The van der Waals surface area contributed by atoms with Gasteiger partial charge in [-0.15, -0.1) is 0 Å². The number of aromatic hydroxyl groups is 2. The standard InChI is InChI=1S/C29H41N5O7/c1-17(2)25(28(39)33-24(29(40)41)16-19-8-12-21(36)13-9-19)34-27(38)23(5-3-4-14-30)32-26(37)22(31)15-18-6-10-20(35)11-7-18/h6-13,17,22-25,35-36H,3-5,14-16,30-31H2,1-2H3,(H,32,37)(H,33,39)(H,34,38)(H,40,41). The fraction of sp³-hybridized carbons (Fsp3) is 0.448. The average Bonchev–Trinajstić information content (AvgIpc) is 2.92. The summed E-state index contributed by atoms with van der Waals surface area (Å²) in [6.45, 7) is 3.81. The lowest BCUT2D eigenvalue weighted by atomic mass is 10.00. The summed E-state index contributed by atoms with van der Waals surface area (Å²) in [6, 6.07) is 7.89. The Morgan fingerprint density at radius 1 is 0.732 bits per heavy atom. The fourth-order valence-corrected chi connectivity index (χ4v) is 4.14. The first-order valence-electron chi connectivity index (χ1n) is 13.6. The molecule has 12 nitrogen and oxygen atoms in total. The number of phenols is 2. The number of benzene rings is 2. The largest absolute Gasteiger partial charge is 0.508 e. The maximum Gasteiger partial charge on any atom is 0.326 e. The SMILES string of the molecule is CC(C)C(NC(=O)C(CCCCN)NC(=O)C(N)Cc1ccc(O)cc1)C(=O)NC(Cc1ccc(O)cc1)C(=O)O. The third-order valence-corrected chi connectivity index (χ3v) is 6.55. The monoisotopic (exact) mass is 571 g/mol. The minimum Gasteiger partial charge on any atom is -0.508 e. The molecule has 0 radical (unpaired) electrons. The molecule has 12 heteroatoms. The average molecular weight is 572 g/mol. The Morgan fingerprint density at radius 2 is 1.24 bits per heavy atom. The van der Waals surface area contributed by atoms with E-state index in [1.54, 1.807) is 38.1 Å². The molecule has 2 rings (SSSR count). The van der Waals surface area contributed by atoms with Crippen LogP contribution < -0.4 is 27.4 Å². The van der Waals surface area contributed by atoms with Crippen LogP contribution in [0.3, 0.4) is 0 Å². The van der Waals surface area contributed by atoms with Gasteiger partial charge in [-0.25, -0.2) is 4.79 Å². The first kappa shape index (κ1) is 33.0. The first-order chi connectivity index (χ1) is 19.4. The van der Waals surface area contributed by atoms with Crippen LogP contribution in [0.4, 0.5) is 0 Å². The van der Waals surface area contributed by atoms with Crippen LogP contribution in [0.5, 0.6) is 11.5 Å². The van der Waals surface area contributed by atoms with Gasteiger partial charge in [0.25, 0.3) is 0 Å². The molecule has 41 heavy (non-hydrogen) atoms. The summed E-state index contributed by atoms with van der Waals surface area (Å²) in [5.41, 5.74) is 13.0. The van der Waals surface area contributed by atoms with Crippen LogP contribution in [0.25, 0.3) is 0 Å². The van der Waals surface area contributed by atoms with E-state index in [1.165, 1.54) is 24.3 Å². The quantitative estimate of drug-likeness (QED) is 0.132. The number of unbranched alkanes of at least 4 members (excludes halogenated alkanes) is 1. The number of carbonyl (C=O) groups excluding carboxylic acids is 3. The van der Waals surface area contributed by atoms with Gasteiger partial charge in [-0.1, -0.05) is 38.1 Å². The topological polar surface area (TPSA) is 217 Å². The maximum absolute atomic E-state index is 13.3. The van der Waals surface area contributed by atoms with Crippen molar-refractivity contribution >= 4 is 23.7 Å². The number of carboxylic acid groups (broad SMARTS) is 1. The number of carbonyl (C=O) groups is 4. The Hall–Kier alpha value is -4.16. The number of nitrogens with two attached hydrogens (primary N) is 2. The van der Waals surface area contributed by atoms with Gasteiger partial charge in [0.15, 0.2) is 0 Å². The molecule has 4 atom stereocenters. The Balaban J connectivity index is 2.10. The number of nitrogens with one attached hydrogen (secondary N) is 3. The molecule has 2 aromatic carbocycles. The highest BCUT2D eigenvalue weighted by Crippen LogP contribution is 2.13. The van der Waals surface area contributed by atoms with E-state index in [4.69, 9.17) is 11.5 Å². The van der Waals surface area contributed by atoms with E-state index in [0.717, 1.165) is 5.56 Å². The van der Waals surface area contributed by atoms with Crippen LogP contribution >= 0.6 is 0 Å². The van der Waals surface area contributed by atoms with Gasteiger partial charge in [-0.05, 0) is 73.5 Å². The van der Waals surface area contributed by atoms with Crippen molar-refractivity contribution in [3.05, 3.63) is 59.7 Å². The second-order valence-corrected chi connectivity index (χ2v) is 10.3. The summed E-state index contributed by atoms with van der Waals surface area (Å²) in [4.78, 5) is 51.2. The third kappa shape index (κ3) is 11.1. The summed E-state index contributed by atoms with van der Waals surface area (Å²) in [7, 11) is 0. The molecule has 0 aliphatic carbocycles. The summed E-state index contributed by atoms with van der Waals surface area (Å²) in [6.07, 6.45) is 1.56. The highest BCUT2D eigenvalue weighted by atomic mass is 16.4. The lowest BCUT2D eigenvalue weighted by Crippen LogP contribution is -2.58. The van der Waals surface area contributed by atoms with Crippen molar-refractivity contribution in [3.63, 3.8) is 0 Å². The van der Waals surface area contributed by atoms with Gasteiger partial charge in [0, 0.05) is 6.42 Å². The normalized spacial score (nSPS) is 14.0. The molecule has 0 aliphatic heterocycles. The summed E-state index contributed by atoms with van der Waals surface area (Å²) in [5.74, 6) is -3.39. The van der Waals surface area contributed by atoms with Crippen LogP contribution in [0.15, 0.2) is 48.5 Å². The van der Waals surface area contributed by atoms with Crippen LogP contribution in [-0.4, -0.2) is 69.7 Å². The Kier molecular flexibility index (Phi) is 13.0. The van der Waals surface area contributed by atoms with Crippen molar-refractivity contribution in [2.24, 2.45) is 17.4 Å². The predicted molar refractivity (Wildman–Crippen MR) is 153 cm³/mol. The van der Waals surface area contributed by atoms with Gasteiger partial charge >= 0.3 is 5.97 Å². The number of phenolic OH excluding ortho intramolecular Hbond substituents is 2. The molecule has 0 bridgehead atoms. The Labute approximate surface area is 239 Å². The van der Waals surface area contributed by atoms with Crippen molar-refractivity contribution < 1.29 is 34.5 Å². The molecule has 2 aromatic rings. The lowest BCUT2D eigenvalue weighted by molar-refractivity contribution is -0.142. The van der Waals surface area contributed by atoms with Crippen LogP contribution in [0.1, 0.15) is 44.2 Å². The zero-order valence-electron chi connectivity index (χ0n) is 23.4. The number of hydrogen-bond acceptors (Lipinski definition) is 8. The molecule has 224 valence electrons. The van der Waals surface area contributed by atoms with Crippen molar-refractivity contribution in [3.8, 4) is 11.5 Å². The van der Waals surface area contributed by atoms with Gasteiger partial charge in [0.05, 0.1) is 6.04 Å². The maximum atomic E-state index is 13.3. The van der Waals surface area contributed by atoms with Crippen molar-refractivity contribution in [1.29, 1.82) is 0 Å². The van der Waals surface area contributed by atoms with Crippen molar-refractivity contribution in [2.75, 3.05) is 6.54 Å². The van der Waals surface area contributed by atoms with Gasteiger partial charge in [-0.2, -0.15) is 0 Å². The smallest absolute Gasteiger partial charge is 0.326 e. The number of carboxylic acids is 1. The predicted octanol–water partition coefficient (Wildman–Crippen LogP) is 0.534. The van der Waals surface area contributed by atoms with Gasteiger partial charge in [0.2, 0.25) is 17.7 Å². The van der Waals surface area contributed by atoms with Crippen LogP contribution in [-0.2, 0) is 32.0 Å². The zero-order valence-corrected chi connectivity index (χ0v) is 23.4. The van der Waals surface area contributed by atoms with Crippen LogP contribution in [0.2, 0.25) is 0 Å². The van der Waals surface area contributed by atoms with E-state index < -0.39 is 53.8 Å². The highest BCUT2D eigenvalue weighted by Gasteiger charge is 2.32. The van der Waals surface area contributed by atoms with Crippen molar-refractivity contribution in [2.45, 2.75) is 70.1 Å². The number of aliphatic carboxylic acids is 1. The highest BCUT2D eigenvalue weighted by molar-refractivity contribution is 5.94. The second kappa shape index (κ2) is 16.2. The van der Waals surface area contributed by atoms with Gasteiger partial charge < -0.3 is 42.7 Å². The number of hydrogen-bond donors (Lipinski definition) is 8. The van der Waals surface area contributed by atoms with Crippen LogP contribution in [0, 0.1) is 5.92 Å². The number of rotatable bonds is 16. The summed E-state index contributed by atoms with van der Waals surface area (Å²) in [5, 5.41) is 36.4. The molecule has 0 saturated carbocycles. The van der Waals surface area contributed by atoms with Gasteiger partial charge in [-0.3, -0.25) is 14.4 Å². The lowest BCUT2D eigenvalue weighted by Gasteiger charge is -2.27. The molecule has 0 fully saturated rings. The zero-order chi connectivity index (χ0) is 30.5. The van der Waals surface area contributed by atoms with E-state index >= 15 is 0 Å². The number of amides is 3. The summed E-state index contributed by atoms with van der Waals surface area (Å²) < 4.78 is 0. The van der Waals surface area contributed by atoms with E-state index in [1.807, 2.05) is 0 Å². The summed E-state index contributed by atoms with van der Waals surface area (Å²) >= 11 is 0. The molecule has 0 spiro atoms. The second-order valence-electron chi connectivity index (χ2n) is 10.3. The Morgan fingerprint density at radius 3 is 1.73 bits per heavy atom. The molecule has 0 aliphatic rings. The molecular formula is C29H41N5O7. The minimum atomic E-state index is -1.27. The molecule has 3 amide bonds. The van der Waals surface area contributed by atoms with E-state index in [2.05, 4.69) is 16.0 Å². The molecule has 10 N–H and O–H groups in total. The van der Waals surface area contributed by atoms with Gasteiger partial charge in [0.1, 0.15) is 29.6 Å². The first-order valence-corrected chi connectivity index (χ1v) is 13.6. The minimum absolute atomic E-state index is 0.0293. The molecular weight excluding hydrogens is 530 g/mol. The molecule has 4 unspecified atom stereocenters. The fourth-order valence-electron chi connectivity index (χ4n) is 4.14.